The van der Waals surface area contributed by atoms with Gasteiger partial charge in [-0.05, 0) is 0 Å². The molecule has 0 spiro atoms. The second-order valence-corrected chi connectivity index (χ2v) is 7.23. The summed E-state index contributed by atoms with van der Waals surface area (Å²) in [7, 11) is 0. The fraction of sp³-hybridized carbons (Fsp3) is 0.143. The normalized spacial score (nSPS) is 12.4. The van der Waals surface area contributed by atoms with E-state index >= 15 is 0 Å². The van der Waals surface area contributed by atoms with Gasteiger partial charge in [0, 0.05) is 0 Å². The van der Waals surface area contributed by atoms with Crippen molar-refractivity contribution < 1.29 is 5.11 Å². The van der Waals surface area contributed by atoms with E-state index in [-0.39, 0.29) is 6.10 Å². The van der Waals surface area contributed by atoms with Gasteiger partial charge in [-0.2, -0.15) is 0 Å². The van der Waals surface area contributed by atoms with Gasteiger partial charge in [-0.15, -0.1) is 0 Å². The number of benzene rings is 2. The molecule has 1 nitrogen and oxygen atoms in total. The van der Waals surface area contributed by atoms with E-state index in [9.17, 15) is 5.11 Å². The van der Waals surface area contributed by atoms with Crippen LogP contribution in [0.2, 0.25) is 5.32 Å². The Morgan fingerprint density at radius 1 is 1.06 bits per heavy atom. The summed E-state index contributed by atoms with van der Waals surface area (Å²) in [4.78, 5) is 0. The van der Waals surface area contributed by atoms with Gasteiger partial charge in [0.1, 0.15) is 0 Å². The third kappa shape index (κ3) is 4.11. The summed E-state index contributed by atoms with van der Waals surface area (Å²) < 4.78 is 2.51. The molecule has 1 atom stereocenters. The van der Waals surface area contributed by atoms with Crippen LogP contribution < -0.4 is 4.46 Å². The topological polar surface area (TPSA) is 20.2 Å². The molecular weight excluding hydrogens is 390 g/mol. The third-order valence-corrected chi connectivity index (χ3v) is 5.34. The van der Waals surface area contributed by atoms with Gasteiger partial charge in [0.2, 0.25) is 0 Å². The van der Waals surface area contributed by atoms with Crippen molar-refractivity contribution in [2.24, 2.45) is 0 Å². The Labute approximate surface area is 122 Å². The number of aliphatic hydroxyl groups excluding tert-OH is 1. The molecule has 0 fully saturated rings. The van der Waals surface area contributed by atoms with Crippen molar-refractivity contribution in [2.75, 3.05) is 0 Å². The van der Waals surface area contributed by atoms with E-state index in [1.165, 1.54) is 8.03 Å². The van der Waals surface area contributed by atoms with Crippen LogP contribution in [-0.4, -0.2) is 20.1 Å². The van der Waals surface area contributed by atoms with Gasteiger partial charge in [0.15, 0.2) is 0 Å². The van der Waals surface area contributed by atoms with Gasteiger partial charge in [-0.3, -0.25) is 0 Å². The van der Waals surface area contributed by atoms with Crippen LogP contribution in [0.1, 0.15) is 11.7 Å². The Morgan fingerprint density at radius 3 is 2.53 bits per heavy atom. The van der Waals surface area contributed by atoms with Crippen LogP contribution in [0.25, 0.3) is 0 Å². The zero-order valence-corrected chi connectivity index (χ0v) is 13.1. The predicted octanol–water partition coefficient (Wildman–Crippen LogP) is 2.77. The monoisotopic (exact) mass is 404 g/mol. The van der Waals surface area contributed by atoms with Crippen LogP contribution in [0, 0.1) is 3.57 Å². The first-order chi connectivity index (χ1) is 8.25. The zero-order chi connectivity index (χ0) is 12.1. The summed E-state index contributed by atoms with van der Waals surface area (Å²) in [6.45, 7) is 0. The molecule has 0 heterocycles. The maximum atomic E-state index is 10.1. The fourth-order valence-corrected chi connectivity index (χ4v) is 3.94. The molecule has 0 aliphatic carbocycles. The van der Waals surface area contributed by atoms with E-state index in [2.05, 4.69) is 46.9 Å². The van der Waals surface area contributed by atoms with Crippen LogP contribution in [-0.2, 0) is 0 Å². The average molecular weight is 403 g/mol. The average Bonchev–Trinajstić information content (AvgIpc) is 2.37. The molecule has 0 bridgehead atoms. The van der Waals surface area contributed by atoms with E-state index in [4.69, 9.17) is 0 Å². The van der Waals surface area contributed by atoms with Gasteiger partial charge < -0.3 is 0 Å². The third-order valence-electron chi connectivity index (χ3n) is 2.38. The fourth-order valence-electron chi connectivity index (χ4n) is 1.50. The molecule has 1 unspecified atom stereocenters. The molecule has 3 heteroatoms. The number of halogens is 1. The number of hydrogen-bond donors (Lipinski definition) is 1. The Hall–Kier alpha value is -0.351. The second-order valence-electron chi connectivity index (χ2n) is 3.69. The van der Waals surface area contributed by atoms with Crippen molar-refractivity contribution in [3.05, 3.63) is 63.7 Å². The first-order valence-corrected chi connectivity index (χ1v) is 8.52. The molecule has 0 aliphatic rings. The number of hydrogen-bond acceptors (Lipinski definition) is 1. The van der Waals surface area contributed by atoms with Crippen LogP contribution in [0.5, 0.6) is 0 Å². The molecule has 0 saturated carbocycles. The summed E-state index contributed by atoms with van der Waals surface area (Å²) in [6, 6.07) is 18.5. The SMILES string of the molecule is OC(C[Se]c1ccccc1)c1cccc(I)c1. The predicted molar refractivity (Wildman–Crippen MR) is 80.8 cm³/mol. The molecule has 0 aromatic heterocycles. The first kappa shape index (κ1) is 13.1. The molecule has 2 aromatic carbocycles. The summed E-state index contributed by atoms with van der Waals surface area (Å²) in [5.41, 5.74) is 1.02. The van der Waals surface area contributed by atoms with Gasteiger partial charge >= 0.3 is 122 Å². The summed E-state index contributed by atoms with van der Waals surface area (Å²) >= 11 is 2.61. The first-order valence-electron chi connectivity index (χ1n) is 5.37. The molecule has 0 saturated heterocycles. The Balaban J connectivity index is 1.96. The molecule has 2 rings (SSSR count). The molecule has 17 heavy (non-hydrogen) atoms. The van der Waals surface area contributed by atoms with Crippen LogP contribution in [0.3, 0.4) is 0 Å². The maximum absolute atomic E-state index is 10.1. The molecule has 88 valence electrons. The molecule has 0 amide bonds. The zero-order valence-electron chi connectivity index (χ0n) is 9.21. The van der Waals surface area contributed by atoms with E-state index in [0.29, 0.717) is 15.0 Å². The Bertz CT molecular complexity index is 473. The summed E-state index contributed by atoms with van der Waals surface area (Å²) in [5.74, 6) is 0. The standard InChI is InChI=1S/C14H13IOSe/c15-12-6-4-5-11(9-12)14(16)10-17-13-7-2-1-3-8-13/h1-9,14,16H,10H2. The van der Waals surface area contributed by atoms with Crippen LogP contribution in [0.4, 0.5) is 0 Å². The van der Waals surface area contributed by atoms with E-state index in [1.807, 2.05) is 30.3 Å². The second kappa shape index (κ2) is 6.55. The molecule has 0 radical (unpaired) electrons. The van der Waals surface area contributed by atoms with Crippen molar-refractivity contribution in [2.45, 2.75) is 11.4 Å². The van der Waals surface area contributed by atoms with Crippen LogP contribution >= 0.6 is 22.6 Å². The Kier molecular flexibility index (Phi) is 5.04. The van der Waals surface area contributed by atoms with E-state index in [0.717, 1.165) is 10.9 Å². The Morgan fingerprint density at radius 2 is 1.82 bits per heavy atom. The van der Waals surface area contributed by atoms with Gasteiger partial charge in [-0.25, -0.2) is 0 Å². The number of aliphatic hydroxyl groups is 1. The van der Waals surface area contributed by atoms with Crippen molar-refractivity contribution in [3.8, 4) is 0 Å². The van der Waals surface area contributed by atoms with E-state index < -0.39 is 0 Å². The summed E-state index contributed by atoms with van der Waals surface area (Å²) in [6.07, 6.45) is -0.343. The number of rotatable bonds is 4. The minimum absolute atomic E-state index is 0.335. The van der Waals surface area contributed by atoms with Gasteiger partial charge in [0.05, 0.1) is 0 Å². The van der Waals surface area contributed by atoms with Gasteiger partial charge in [-0.1, -0.05) is 0 Å². The quantitative estimate of drug-likeness (QED) is 0.615. The van der Waals surface area contributed by atoms with Crippen molar-refractivity contribution in [3.63, 3.8) is 0 Å². The van der Waals surface area contributed by atoms with Crippen LogP contribution in [0.15, 0.2) is 54.6 Å². The van der Waals surface area contributed by atoms with Gasteiger partial charge in [0.25, 0.3) is 0 Å². The minimum atomic E-state index is -0.343. The molecule has 2 aromatic rings. The van der Waals surface area contributed by atoms with E-state index in [1.54, 1.807) is 0 Å². The molecule has 1 N–H and O–H groups in total. The summed E-state index contributed by atoms with van der Waals surface area (Å²) in [5, 5.41) is 10.9. The molecular formula is C14H13IOSe. The van der Waals surface area contributed by atoms with Crippen molar-refractivity contribution in [1.82, 2.24) is 0 Å². The van der Waals surface area contributed by atoms with Crippen molar-refractivity contribution >= 4 is 42.0 Å². The van der Waals surface area contributed by atoms with Crippen molar-refractivity contribution in [1.29, 1.82) is 0 Å². The molecule has 0 aliphatic heterocycles.